The number of carbonyl (C=O) groups excluding carboxylic acids is 1. The summed E-state index contributed by atoms with van der Waals surface area (Å²) in [4.78, 5) is 16.5. The van der Waals surface area contributed by atoms with Gasteiger partial charge in [0.05, 0.1) is 11.2 Å². The molecule has 2 atom stereocenters. The zero-order chi connectivity index (χ0) is 15.0. The summed E-state index contributed by atoms with van der Waals surface area (Å²) in [7, 11) is -2.99. The summed E-state index contributed by atoms with van der Waals surface area (Å²) < 4.78 is 22.4. The summed E-state index contributed by atoms with van der Waals surface area (Å²) in [6.07, 6.45) is 4.34. The second kappa shape index (κ2) is 5.64. The van der Waals surface area contributed by atoms with Crippen LogP contribution < -0.4 is 0 Å². The Labute approximate surface area is 122 Å². The van der Waals surface area contributed by atoms with Crippen molar-refractivity contribution in [3.63, 3.8) is 0 Å². The van der Waals surface area contributed by atoms with Gasteiger partial charge in [-0.1, -0.05) is 6.92 Å². The van der Waals surface area contributed by atoms with Crippen molar-refractivity contribution in [3.8, 4) is 0 Å². The standard InChI is InChI=1S/C14H26N2O3S/c1-4-12(2)15-7-5-6-14(10-15)11-16(13(14)17)8-9-20(3,18)19/h12H,4-11H2,1-3H3. The van der Waals surface area contributed by atoms with Gasteiger partial charge in [-0.3, -0.25) is 9.69 Å². The van der Waals surface area contributed by atoms with Crippen LogP contribution in [0.2, 0.25) is 0 Å². The molecule has 2 saturated heterocycles. The summed E-state index contributed by atoms with van der Waals surface area (Å²) in [6.45, 7) is 7.39. The van der Waals surface area contributed by atoms with Gasteiger partial charge in [-0.15, -0.1) is 0 Å². The normalized spacial score (nSPS) is 29.6. The number of hydrogen-bond donors (Lipinski definition) is 0. The molecule has 116 valence electrons. The van der Waals surface area contributed by atoms with E-state index in [9.17, 15) is 13.2 Å². The molecule has 2 aliphatic heterocycles. The van der Waals surface area contributed by atoms with Crippen molar-refractivity contribution < 1.29 is 13.2 Å². The number of amides is 1. The Morgan fingerprint density at radius 1 is 1.35 bits per heavy atom. The van der Waals surface area contributed by atoms with Crippen molar-refractivity contribution >= 4 is 15.7 Å². The fraction of sp³-hybridized carbons (Fsp3) is 0.929. The Hall–Kier alpha value is -0.620. The van der Waals surface area contributed by atoms with Crippen LogP contribution in [0.25, 0.3) is 0 Å². The van der Waals surface area contributed by atoms with E-state index in [0.717, 1.165) is 38.9 Å². The van der Waals surface area contributed by atoms with Crippen molar-refractivity contribution in [1.29, 1.82) is 0 Å². The van der Waals surface area contributed by atoms with Crippen LogP contribution in [0.3, 0.4) is 0 Å². The lowest BCUT2D eigenvalue weighted by Gasteiger charge is -2.54. The Morgan fingerprint density at radius 2 is 2.05 bits per heavy atom. The molecule has 0 aromatic rings. The smallest absolute Gasteiger partial charge is 0.231 e. The van der Waals surface area contributed by atoms with E-state index in [2.05, 4.69) is 18.7 Å². The number of rotatable bonds is 5. The van der Waals surface area contributed by atoms with Gasteiger partial charge in [0.2, 0.25) is 5.91 Å². The zero-order valence-corrected chi connectivity index (χ0v) is 13.6. The third kappa shape index (κ3) is 3.17. The fourth-order valence-corrected chi connectivity index (χ4v) is 3.86. The highest BCUT2D eigenvalue weighted by atomic mass is 32.2. The Balaban J connectivity index is 1.93. The van der Waals surface area contributed by atoms with Crippen LogP contribution in [-0.4, -0.2) is 68.4 Å². The number of nitrogens with zero attached hydrogens (tertiary/aromatic N) is 2. The Kier molecular flexibility index (Phi) is 4.44. The molecular formula is C14H26N2O3S. The molecule has 2 heterocycles. The first kappa shape index (κ1) is 15.8. The third-order valence-electron chi connectivity index (χ3n) is 4.79. The van der Waals surface area contributed by atoms with E-state index in [-0.39, 0.29) is 17.1 Å². The lowest BCUT2D eigenvalue weighted by molar-refractivity contribution is -0.166. The minimum absolute atomic E-state index is 0.0733. The van der Waals surface area contributed by atoms with Crippen LogP contribution in [0.15, 0.2) is 0 Å². The minimum Gasteiger partial charge on any atom is -0.340 e. The summed E-state index contributed by atoms with van der Waals surface area (Å²) in [5.74, 6) is 0.235. The molecule has 0 aromatic heterocycles. The first-order valence-corrected chi connectivity index (χ1v) is 9.54. The van der Waals surface area contributed by atoms with Gasteiger partial charge in [0.25, 0.3) is 0 Å². The predicted molar refractivity (Wildman–Crippen MR) is 79.3 cm³/mol. The van der Waals surface area contributed by atoms with Crippen LogP contribution in [0.5, 0.6) is 0 Å². The molecule has 2 rings (SSSR count). The van der Waals surface area contributed by atoms with Gasteiger partial charge >= 0.3 is 0 Å². The largest absolute Gasteiger partial charge is 0.340 e. The SMILES string of the molecule is CCC(C)N1CCCC2(CN(CCS(C)(=O)=O)C2=O)C1. The number of sulfone groups is 1. The molecule has 2 aliphatic rings. The van der Waals surface area contributed by atoms with Crippen LogP contribution >= 0.6 is 0 Å². The number of carbonyl (C=O) groups is 1. The van der Waals surface area contributed by atoms with Gasteiger partial charge in [0.1, 0.15) is 9.84 Å². The fourth-order valence-electron chi connectivity index (χ4n) is 3.31. The van der Waals surface area contributed by atoms with E-state index in [1.807, 2.05) is 0 Å². The average Bonchev–Trinajstić information content (AvgIpc) is 2.41. The van der Waals surface area contributed by atoms with Crippen molar-refractivity contribution in [2.24, 2.45) is 5.41 Å². The van der Waals surface area contributed by atoms with Crippen molar-refractivity contribution in [3.05, 3.63) is 0 Å². The van der Waals surface area contributed by atoms with Crippen LogP contribution in [0, 0.1) is 5.41 Å². The van der Waals surface area contributed by atoms with Gasteiger partial charge in [0, 0.05) is 31.9 Å². The van der Waals surface area contributed by atoms with Gasteiger partial charge in [0.15, 0.2) is 0 Å². The quantitative estimate of drug-likeness (QED) is 0.703. The minimum atomic E-state index is -2.99. The average molecular weight is 302 g/mol. The summed E-state index contributed by atoms with van der Waals surface area (Å²) in [6, 6.07) is 0.519. The molecule has 20 heavy (non-hydrogen) atoms. The third-order valence-corrected chi connectivity index (χ3v) is 5.71. The second-order valence-electron chi connectivity index (χ2n) is 6.47. The van der Waals surface area contributed by atoms with Crippen molar-refractivity contribution in [2.45, 2.75) is 39.2 Å². The highest BCUT2D eigenvalue weighted by Gasteiger charge is 2.53. The first-order chi connectivity index (χ1) is 9.27. The topological polar surface area (TPSA) is 57.7 Å². The molecule has 2 unspecified atom stereocenters. The van der Waals surface area contributed by atoms with Gasteiger partial charge in [-0.25, -0.2) is 8.42 Å². The monoisotopic (exact) mass is 302 g/mol. The van der Waals surface area contributed by atoms with E-state index in [1.54, 1.807) is 4.90 Å². The summed E-state index contributed by atoms with van der Waals surface area (Å²) >= 11 is 0. The molecule has 0 aromatic carbocycles. The molecule has 5 nitrogen and oxygen atoms in total. The maximum atomic E-state index is 12.4. The molecule has 6 heteroatoms. The Morgan fingerprint density at radius 3 is 2.60 bits per heavy atom. The Bertz CT molecular complexity index is 477. The first-order valence-electron chi connectivity index (χ1n) is 7.48. The summed E-state index contributed by atoms with van der Waals surface area (Å²) in [5, 5.41) is 0. The highest BCUT2D eigenvalue weighted by Crippen LogP contribution is 2.40. The van der Waals surface area contributed by atoms with Crippen LogP contribution in [-0.2, 0) is 14.6 Å². The van der Waals surface area contributed by atoms with E-state index in [1.165, 1.54) is 6.26 Å². The molecule has 0 bridgehead atoms. The molecule has 1 spiro atoms. The molecule has 0 N–H and O–H groups in total. The van der Waals surface area contributed by atoms with Gasteiger partial charge < -0.3 is 4.90 Å². The number of likely N-dealkylation sites (tertiary alicyclic amines) is 2. The zero-order valence-electron chi connectivity index (χ0n) is 12.8. The van der Waals surface area contributed by atoms with Crippen molar-refractivity contribution in [1.82, 2.24) is 9.80 Å². The van der Waals surface area contributed by atoms with Crippen LogP contribution in [0.4, 0.5) is 0 Å². The molecular weight excluding hydrogens is 276 g/mol. The summed E-state index contributed by atoms with van der Waals surface area (Å²) in [5.41, 5.74) is -0.223. The molecule has 0 radical (unpaired) electrons. The molecule has 0 aliphatic carbocycles. The molecule has 2 fully saturated rings. The van der Waals surface area contributed by atoms with Gasteiger partial charge in [-0.05, 0) is 32.7 Å². The predicted octanol–water partition coefficient (Wildman–Crippen LogP) is 0.754. The lowest BCUT2D eigenvalue weighted by atomic mass is 9.72. The van der Waals surface area contributed by atoms with Crippen LogP contribution in [0.1, 0.15) is 33.1 Å². The number of piperidine rings is 1. The maximum absolute atomic E-state index is 12.4. The van der Waals surface area contributed by atoms with E-state index in [4.69, 9.17) is 0 Å². The van der Waals surface area contributed by atoms with E-state index >= 15 is 0 Å². The van der Waals surface area contributed by atoms with Gasteiger partial charge in [-0.2, -0.15) is 0 Å². The van der Waals surface area contributed by atoms with E-state index in [0.29, 0.717) is 12.6 Å². The number of β-lactam (4-membered cyclic amide) rings is 1. The molecule has 1 amide bonds. The lowest BCUT2D eigenvalue weighted by Crippen LogP contribution is -2.68. The highest BCUT2D eigenvalue weighted by molar-refractivity contribution is 7.90. The van der Waals surface area contributed by atoms with Crippen molar-refractivity contribution in [2.75, 3.05) is 38.2 Å². The second-order valence-corrected chi connectivity index (χ2v) is 8.73. The maximum Gasteiger partial charge on any atom is 0.231 e. The van der Waals surface area contributed by atoms with E-state index < -0.39 is 9.84 Å². The number of hydrogen-bond acceptors (Lipinski definition) is 4. The molecule has 0 saturated carbocycles.